The molecule has 0 aliphatic carbocycles. The fraction of sp³-hybridized carbons (Fsp3) is 0.190. The standard InChI is InChI=1S/C21H18FN3O3S2/c1-3-28-20(27)18-12(2)23-21(30-18)24-19(26)16-10-17-15(7-8-29-17)25(16)11-13-5-4-6-14(22)9-13/h4-10H,3,11H2,1-2H3,(H,23,24,26). The SMILES string of the molecule is CCOC(=O)c1sc(NC(=O)c2cc3sccc3n2Cc2cccc(F)c2)nc1C. The Labute approximate surface area is 179 Å². The number of carbonyl (C=O) groups is 2. The van der Waals surface area contributed by atoms with E-state index in [9.17, 15) is 14.0 Å². The van der Waals surface area contributed by atoms with Gasteiger partial charge in [0.05, 0.1) is 22.5 Å². The Hall–Kier alpha value is -3.04. The summed E-state index contributed by atoms with van der Waals surface area (Å²) < 4.78 is 21.5. The van der Waals surface area contributed by atoms with Crippen LogP contribution in [0.1, 0.15) is 38.3 Å². The van der Waals surface area contributed by atoms with Crippen molar-refractivity contribution in [1.29, 1.82) is 0 Å². The van der Waals surface area contributed by atoms with Crippen LogP contribution in [0.4, 0.5) is 9.52 Å². The van der Waals surface area contributed by atoms with Crippen LogP contribution in [0.15, 0.2) is 41.8 Å². The fourth-order valence-electron chi connectivity index (χ4n) is 3.15. The molecular formula is C21H18FN3O3S2. The maximum absolute atomic E-state index is 13.6. The van der Waals surface area contributed by atoms with Crippen LogP contribution in [0, 0.1) is 12.7 Å². The molecule has 1 N–H and O–H groups in total. The number of anilines is 1. The minimum Gasteiger partial charge on any atom is -0.462 e. The normalized spacial score (nSPS) is 11.0. The summed E-state index contributed by atoms with van der Waals surface area (Å²) in [6, 6.07) is 10.0. The van der Waals surface area contributed by atoms with Gasteiger partial charge in [0.15, 0.2) is 5.13 Å². The van der Waals surface area contributed by atoms with Gasteiger partial charge in [-0.1, -0.05) is 23.5 Å². The van der Waals surface area contributed by atoms with Gasteiger partial charge in [0, 0.05) is 6.54 Å². The molecule has 154 valence electrons. The number of aromatic nitrogens is 2. The molecule has 3 aromatic heterocycles. The van der Waals surface area contributed by atoms with E-state index in [4.69, 9.17) is 4.74 Å². The summed E-state index contributed by atoms with van der Waals surface area (Å²) in [4.78, 5) is 29.7. The van der Waals surface area contributed by atoms with Crippen molar-refractivity contribution in [3.05, 3.63) is 69.4 Å². The summed E-state index contributed by atoms with van der Waals surface area (Å²) >= 11 is 2.60. The third-order valence-corrected chi connectivity index (χ3v) is 6.37. The molecule has 0 aliphatic heterocycles. The maximum atomic E-state index is 13.6. The van der Waals surface area contributed by atoms with E-state index in [1.54, 1.807) is 26.0 Å². The molecule has 4 rings (SSSR count). The molecule has 0 spiro atoms. The predicted molar refractivity (Wildman–Crippen MR) is 116 cm³/mol. The Balaban J connectivity index is 1.63. The zero-order valence-electron chi connectivity index (χ0n) is 16.3. The largest absolute Gasteiger partial charge is 0.462 e. The highest BCUT2D eigenvalue weighted by Crippen LogP contribution is 2.28. The Morgan fingerprint density at radius 3 is 2.87 bits per heavy atom. The summed E-state index contributed by atoms with van der Waals surface area (Å²) in [7, 11) is 0. The highest BCUT2D eigenvalue weighted by Gasteiger charge is 2.21. The lowest BCUT2D eigenvalue weighted by molar-refractivity contribution is 0.0531. The molecular weight excluding hydrogens is 425 g/mol. The van der Waals surface area contributed by atoms with Gasteiger partial charge in [-0.25, -0.2) is 14.2 Å². The zero-order valence-corrected chi connectivity index (χ0v) is 17.9. The number of benzene rings is 1. The summed E-state index contributed by atoms with van der Waals surface area (Å²) in [5, 5.41) is 5.05. The summed E-state index contributed by atoms with van der Waals surface area (Å²) in [6.45, 7) is 4.05. The van der Waals surface area contributed by atoms with Gasteiger partial charge in [-0.3, -0.25) is 10.1 Å². The summed E-state index contributed by atoms with van der Waals surface area (Å²) in [5.41, 5.74) is 2.59. The molecule has 1 aromatic carbocycles. The molecule has 0 atom stereocenters. The van der Waals surface area contributed by atoms with Crippen molar-refractivity contribution in [3.8, 4) is 0 Å². The van der Waals surface area contributed by atoms with Crippen molar-refractivity contribution in [3.63, 3.8) is 0 Å². The number of hydrogen-bond acceptors (Lipinski definition) is 6. The second-order valence-electron chi connectivity index (χ2n) is 6.52. The number of thiazole rings is 1. The molecule has 9 heteroatoms. The summed E-state index contributed by atoms with van der Waals surface area (Å²) in [5.74, 6) is -1.13. The summed E-state index contributed by atoms with van der Waals surface area (Å²) in [6.07, 6.45) is 0. The Kier molecular flexibility index (Phi) is 5.65. The van der Waals surface area contributed by atoms with Crippen LogP contribution in [0.5, 0.6) is 0 Å². The van der Waals surface area contributed by atoms with Gasteiger partial charge in [0.25, 0.3) is 5.91 Å². The molecule has 30 heavy (non-hydrogen) atoms. The number of amides is 1. The number of nitrogens with zero attached hydrogens (tertiary/aromatic N) is 2. The third-order valence-electron chi connectivity index (χ3n) is 4.46. The average Bonchev–Trinajstić information content (AvgIpc) is 3.38. The van der Waals surface area contributed by atoms with Crippen molar-refractivity contribution >= 4 is 49.9 Å². The number of ether oxygens (including phenoxy) is 1. The van der Waals surface area contributed by atoms with Crippen molar-refractivity contribution in [2.24, 2.45) is 0 Å². The first-order chi connectivity index (χ1) is 14.5. The molecule has 0 aliphatic rings. The second-order valence-corrected chi connectivity index (χ2v) is 8.47. The van der Waals surface area contributed by atoms with Crippen molar-refractivity contribution in [1.82, 2.24) is 9.55 Å². The first-order valence-electron chi connectivity index (χ1n) is 9.23. The molecule has 0 saturated heterocycles. The number of thiophene rings is 1. The molecule has 3 heterocycles. The lowest BCUT2D eigenvalue weighted by Crippen LogP contribution is -2.17. The number of carbonyl (C=O) groups excluding carboxylic acids is 2. The van der Waals surface area contributed by atoms with Crippen LogP contribution in [-0.2, 0) is 11.3 Å². The topological polar surface area (TPSA) is 73.2 Å². The highest BCUT2D eigenvalue weighted by molar-refractivity contribution is 7.18. The van der Waals surface area contributed by atoms with Crippen LogP contribution < -0.4 is 5.32 Å². The van der Waals surface area contributed by atoms with Gasteiger partial charge in [-0.2, -0.15) is 0 Å². The molecule has 0 saturated carbocycles. The fourth-order valence-corrected chi connectivity index (χ4v) is 4.83. The molecule has 0 fully saturated rings. The molecule has 1 amide bonds. The van der Waals surface area contributed by atoms with E-state index >= 15 is 0 Å². The number of esters is 1. The van der Waals surface area contributed by atoms with Gasteiger partial charge in [-0.15, -0.1) is 11.3 Å². The first kappa shape index (κ1) is 20.2. The van der Waals surface area contributed by atoms with E-state index in [0.29, 0.717) is 27.9 Å². The minimum absolute atomic E-state index is 0.266. The van der Waals surface area contributed by atoms with Crippen LogP contribution in [0.25, 0.3) is 10.2 Å². The minimum atomic E-state index is -0.456. The van der Waals surface area contributed by atoms with E-state index in [1.165, 1.54) is 23.5 Å². The number of aryl methyl sites for hydroxylation is 1. The van der Waals surface area contributed by atoms with Crippen LogP contribution >= 0.6 is 22.7 Å². The van der Waals surface area contributed by atoms with E-state index in [0.717, 1.165) is 27.1 Å². The zero-order chi connectivity index (χ0) is 21.3. The number of rotatable bonds is 6. The average molecular weight is 444 g/mol. The lowest BCUT2D eigenvalue weighted by atomic mass is 10.2. The maximum Gasteiger partial charge on any atom is 0.350 e. The van der Waals surface area contributed by atoms with Crippen LogP contribution in [-0.4, -0.2) is 28.0 Å². The van der Waals surface area contributed by atoms with E-state index in [1.807, 2.05) is 22.1 Å². The van der Waals surface area contributed by atoms with Crippen LogP contribution in [0.3, 0.4) is 0 Å². The van der Waals surface area contributed by atoms with Crippen LogP contribution in [0.2, 0.25) is 0 Å². The lowest BCUT2D eigenvalue weighted by Gasteiger charge is -2.10. The van der Waals surface area contributed by atoms with Gasteiger partial charge in [0.1, 0.15) is 16.4 Å². The van der Waals surface area contributed by atoms with E-state index in [2.05, 4.69) is 10.3 Å². The van der Waals surface area contributed by atoms with Gasteiger partial charge >= 0.3 is 5.97 Å². The van der Waals surface area contributed by atoms with Gasteiger partial charge in [0.2, 0.25) is 0 Å². The van der Waals surface area contributed by atoms with Crippen molar-refractivity contribution in [2.75, 3.05) is 11.9 Å². The third kappa shape index (κ3) is 3.99. The molecule has 0 radical (unpaired) electrons. The number of hydrogen-bond donors (Lipinski definition) is 1. The van der Waals surface area contributed by atoms with Crippen molar-refractivity contribution < 1.29 is 18.7 Å². The smallest absolute Gasteiger partial charge is 0.350 e. The molecule has 0 unspecified atom stereocenters. The molecule has 0 bridgehead atoms. The van der Waals surface area contributed by atoms with Crippen molar-refractivity contribution in [2.45, 2.75) is 20.4 Å². The number of nitrogens with one attached hydrogen (secondary N) is 1. The van der Waals surface area contributed by atoms with E-state index in [-0.39, 0.29) is 18.3 Å². The number of halogens is 1. The Morgan fingerprint density at radius 2 is 2.10 bits per heavy atom. The number of fused-ring (bicyclic) bond motifs is 1. The molecule has 6 nitrogen and oxygen atoms in total. The Bertz CT molecular complexity index is 1240. The van der Waals surface area contributed by atoms with E-state index < -0.39 is 5.97 Å². The van der Waals surface area contributed by atoms with Gasteiger partial charge < -0.3 is 9.30 Å². The molecule has 4 aromatic rings. The monoisotopic (exact) mass is 443 g/mol. The highest BCUT2D eigenvalue weighted by atomic mass is 32.1. The first-order valence-corrected chi connectivity index (χ1v) is 10.9. The Morgan fingerprint density at radius 1 is 1.27 bits per heavy atom. The van der Waals surface area contributed by atoms with Gasteiger partial charge in [-0.05, 0) is 49.1 Å². The quantitative estimate of drug-likeness (QED) is 0.422. The predicted octanol–water partition coefficient (Wildman–Crippen LogP) is 5.08. The second kappa shape index (κ2) is 8.37.